The zero-order valence-electron chi connectivity index (χ0n) is 17.3. The average molecular weight is 443 g/mol. The van der Waals surface area contributed by atoms with Crippen molar-refractivity contribution in [2.45, 2.75) is 51.2 Å². The molecule has 1 N–H and O–H groups in total. The molecule has 3 aromatic rings. The van der Waals surface area contributed by atoms with Crippen molar-refractivity contribution < 1.29 is 9.53 Å². The molecule has 0 radical (unpaired) electrons. The Morgan fingerprint density at radius 1 is 1.20 bits per heavy atom. The molecule has 1 aromatic carbocycles. The van der Waals surface area contributed by atoms with Crippen LogP contribution in [0.25, 0.3) is 11.4 Å². The van der Waals surface area contributed by atoms with Gasteiger partial charge < -0.3 is 14.6 Å². The molecular weight excluding hydrogens is 416 g/mol. The summed E-state index contributed by atoms with van der Waals surface area (Å²) in [6.07, 6.45) is 4.81. The summed E-state index contributed by atoms with van der Waals surface area (Å²) in [6.45, 7) is 5.43. The van der Waals surface area contributed by atoms with Gasteiger partial charge in [-0.2, -0.15) is 0 Å². The fraction of sp³-hybridized carbons (Fsp3) is 0.409. The van der Waals surface area contributed by atoms with Gasteiger partial charge in [-0.05, 0) is 69.4 Å². The molecule has 30 heavy (non-hydrogen) atoms. The van der Waals surface area contributed by atoms with Gasteiger partial charge in [-0.1, -0.05) is 11.8 Å². The molecule has 0 unspecified atom stereocenters. The number of hydrogen-bond acceptors (Lipinski definition) is 6. The maximum atomic E-state index is 12.4. The second-order valence-corrected chi connectivity index (χ2v) is 9.01. The minimum Gasteiger partial charge on any atom is -0.494 e. The number of fused-ring (bicyclic) bond motifs is 1. The van der Waals surface area contributed by atoms with Gasteiger partial charge in [0.2, 0.25) is 5.91 Å². The van der Waals surface area contributed by atoms with Crippen LogP contribution in [-0.4, -0.2) is 33.0 Å². The maximum Gasteiger partial charge on any atom is 0.234 e. The summed E-state index contributed by atoms with van der Waals surface area (Å²) in [4.78, 5) is 13.9. The molecule has 2 aromatic heterocycles. The standard InChI is InChI=1S/C22H26N4O2S2/c1-3-26-21(18-13-29-19-8-6-5-7-17(18)19)24-25-22(26)30-14-20(27)23-15-9-11-16(12-10-15)28-4-2/h9-13H,3-8,14H2,1-2H3,(H,23,27). The van der Waals surface area contributed by atoms with Gasteiger partial charge in [-0.3, -0.25) is 4.79 Å². The van der Waals surface area contributed by atoms with E-state index >= 15 is 0 Å². The molecule has 0 aliphatic heterocycles. The van der Waals surface area contributed by atoms with Crippen molar-refractivity contribution in [1.82, 2.24) is 14.8 Å². The van der Waals surface area contributed by atoms with Crippen molar-refractivity contribution in [1.29, 1.82) is 0 Å². The predicted molar refractivity (Wildman–Crippen MR) is 123 cm³/mol. The summed E-state index contributed by atoms with van der Waals surface area (Å²) in [6, 6.07) is 7.40. The Labute approximate surface area is 185 Å². The van der Waals surface area contributed by atoms with E-state index in [0.717, 1.165) is 35.4 Å². The smallest absolute Gasteiger partial charge is 0.234 e. The van der Waals surface area contributed by atoms with Crippen LogP contribution in [0.5, 0.6) is 5.75 Å². The normalized spacial score (nSPS) is 13.1. The minimum absolute atomic E-state index is 0.0655. The number of thioether (sulfide) groups is 1. The van der Waals surface area contributed by atoms with Crippen LogP contribution >= 0.6 is 23.1 Å². The number of benzene rings is 1. The lowest BCUT2D eigenvalue weighted by molar-refractivity contribution is -0.113. The van der Waals surface area contributed by atoms with E-state index < -0.39 is 0 Å². The second-order valence-electron chi connectivity index (χ2n) is 7.10. The number of aromatic nitrogens is 3. The highest BCUT2D eigenvalue weighted by Gasteiger charge is 2.22. The van der Waals surface area contributed by atoms with Crippen LogP contribution in [0.4, 0.5) is 5.69 Å². The number of carbonyl (C=O) groups excluding carboxylic acids is 1. The van der Waals surface area contributed by atoms with E-state index in [1.807, 2.05) is 42.5 Å². The first-order valence-corrected chi connectivity index (χ1v) is 12.2. The van der Waals surface area contributed by atoms with Crippen molar-refractivity contribution >= 4 is 34.7 Å². The first-order chi connectivity index (χ1) is 14.7. The molecule has 4 rings (SSSR count). The lowest BCUT2D eigenvalue weighted by Crippen LogP contribution is -2.14. The van der Waals surface area contributed by atoms with Gasteiger partial charge >= 0.3 is 0 Å². The van der Waals surface area contributed by atoms with Crippen LogP contribution in [0, 0.1) is 0 Å². The molecule has 0 saturated carbocycles. The third-order valence-electron chi connectivity index (χ3n) is 5.12. The Hall–Kier alpha value is -2.32. The molecule has 158 valence electrons. The number of aryl methyl sites for hydroxylation is 1. The third-order valence-corrected chi connectivity index (χ3v) is 7.17. The molecule has 0 fully saturated rings. The Balaban J connectivity index is 1.41. The largest absolute Gasteiger partial charge is 0.494 e. The molecule has 0 saturated heterocycles. The number of thiophene rings is 1. The van der Waals surface area contributed by atoms with Crippen molar-refractivity contribution in [3.8, 4) is 17.1 Å². The number of hydrogen-bond donors (Lipinski definition) is 1. The van der Waals surface area contributed by atoms with Gasteiger partial charge in [-0.15, -0.1) is 21.5 Å². The van der Waals surface area contributed by atoms with Crippen molar-refractivity contribution in [3.05, 3.63) is 40.1 Å². The fourth-order valence-corrected chi connectivity index (χ4v) is 5.62. The van der Waals surface area contributed by atoms with Crippen LogP contribution in [0.15, 0.2) is 34.8 Å². The fourth-order valence-electron chi connectivity index (χ4n) is 3.69. The van der Waals surface area contributed by atoms with E-state index in [-0.39, 0.29) is 11.7 Å². The van der Waals surface area contributed by atoms with Crippen LogP contribution in [0.3, 0.4) is 0 Å². The molecule has 1 amide bonds. The average Bonchev–Trinajstić information content (AvgIpc) is 3.37. The van der Waals surface area contributed by atoms with E-state index in [1.54, 1.807) is 0 Å². The van der Waals surface area contributed by atoms with Crippen molar-refractivity contribution in [2.75, 3.05) is 17.7 Å². The quantitative estimate of drug-likeness (QED) is 0.495. The van der Waals surface area contributed by atoms with E-state index in [1.165, 1.54) is 47.0 Å². The van der Waals surface area contributed by atoms with Gasteiger partial charge in [-0.25, -0.2) is 0 Å². The van der Waals surface area contributed by atoms with E-state index in [0.29, 0.717) is 6.61 Å². The lowest BCUT2D eigenvalue weighted by Gasteiger charge is -2.13. The van der Waals surface area contributed by atoms with E-state index in [2.05, 4.69) is 32.4 Å². The van der Waals surface area contributed by atoms with Gasteiger partial charge in [0.1, 0.15) is 5.75 Å². The molecule has 8 heteroatoms. The molecule has 6 nitrogen and oxygen atoms in total. The maximum absolute atomic E-state index is 12.4. The number of amides is 1. The summed E-state index contributed by atoms with van der Waals surface area (Å²) in [5.41, 5.74) is 3.42. The highest BCUT2D eigenvalue weighted by molar-refractivity contribution is 7.99. The van der Waals surface area contributed by atoms with Crippen LogP contribution < -0.4 is 10.1 Å². The van der Waals surface area contributed by atoms with Crippen LogP contribution in [0.2, 0.25) is 0 Å². The number of nitrogens with zero attached hydrogens (tertiary/aromatic N) is 3. The SMILES string of the molecule is CCOc1ccc(NC(=O)CSc2nnc(-c3csc4c3CCCC4)n2CC)cc1. The van der Waals surface area contributed by atoms with Crippen molar-refractivity contribution in [2.24, 2.45) is 0 Å². The summed E-state index contributed by atoms with van der Waals surface area (Å²) >= 11 is 3.26. The molecule has 0 spiro atoms. The minimum atomic E-state index is -0.0655. The van der Waals surface area contributed by atoms with Gasteiger partial charge in [0, 0.05) is 28.1 Å². The summed E-state index contributed by atoms with van der Waals surface area (Å²) in [5, 5.41) is 14.8. The Kier molecular flexibility index (Phi) is 6.74. The monoisotopic (exact) mass is 442 g/mol. The van der Waals surface area contributed by atoms with Crippen LogP contribution in [0.1, 0.15) is 37.1 Å². The van der Waals surface area contributed by atoms with Gasteiger partial charge in [0.25, 0.3) is 0 Å². The number of carbonyl (C=O) groups is 1. The molecule has 1 aliphatic carbocycles. The molecule has 0 bridgehead atoms. The Morgan fingerprint density at radius 2 is 2.00 bits per heavy atom. The number of anilines is 1. The zero-order chi connectivity index (χ0) is 20.9. The molecule has 0 atom stereocenters. The highest BCUT2D eigenvalue weighted by atomic mass is 32.2. The Bertz CT molecular complexity index is 1010. The highest BCUT2D eigenvalue weighted by Crippen LogP contribution is 2.36. The number of rotatable bonds is 8. The topological polar surface area (TPSA) is 69.0 Å². The zero-order valence-corrected chi connectivity index (χ0v) is 18.9. The third kappa shape index (κ3) is 4.54. The predicted octanol–water partition coefficient (Wildman–Crippen LogP) is 5.03. The van der Waals surface area contributed by atoms with Crippen LogP contribution in [-0.2, 0) is 24.2 Å². The summed E-state index contributed by atoms with van der Waals surface area (Å²) < 4.78 is 7.55. The Morgan fingerprint density at radius 3 is 2.77 bits per heavy atom. The van der Waals surface area contributed by atoms with E-state index in [9.17, 15) is 4.79 Å². The van der Waals surface area contributed by atoms with E-state index in [4.69, 9.17) is 4.74 Å². The van der Waals surface area contributed by atoms with Crippen molar-refractivity contribution in [3.63, 3.8) is 0 Å². The van der Waals surface area contributed by atoms with Gasteiger partial charge in [0.05, 0.1) is 12.4 Å². The molecule has 2 heterocycles. The second kappa shape index (κ2) is 9.66. The summed E-state index contributed by atoms with van der Waals surface area (Å²) in [5.74, 6) is 1.94. The number of nitrogens with one attached hydrogen (secondary N) is 1. The first kappa shape index (κ1) is 20.9. The first-order valence-electron chi connectivity index (χ1n) is 10.4. The molecule has 1 aliphatic rings. The molecular formula is C22H26N4O2S2. The lowest BCUT2D eigenvalue weighted by atomic mass is 9.96. The summed E-state index contributed by atoms with van der Waals surface area (Å²) in [7, 11) is 0. The van der Waals surface area contributed by atoms with Gasteiger partial charge in [0.15, 0.2) is 11.0 Å². The number of ether oxygens (including phenoxy) is 1.